The molecule has 2 N–H and O–H groups in total. The van der Waals surface area contributed by atoms with Crippen LogP contribution in [0, 0.1) is 5.82 Å². The molecule has 1 aromatic rings. The zero-order valence-electron chi connectivity index (χ0n) is 9.07. The molecular weight excluding hydrogens is 209 g/mol. The van der Waals surface area contributed by atoms with Crippen molar-refractivity contribution in [2.45, 2.75) is 13.3 Å². The molecule has 86 valence electrons. The Morgan fingerprint density at radius 2 is 2.31 bits per heavy atom. The zero-order valence-corrected chi connectivity index (χ0v) is 9.07. The van der Waals surface area contributed by atoms with Gasteiger partial charge in [0.2, 0.25) is 0 Å². The minimum Gasteiger partial charge on any atom is -0.463 e. The molecule has 0 aliphatic carbocycles. The van der Waals surface area contributed by atoms with Crippen LogP contribution in [0.15, 0.2) is 36.0 Å². The molecule has 0 fully saturated rings. The Bertz CT molecular complexity index is 402. The second-order valence-corrected chi connectivity index (χ2v) is 3.28. The van der Waals surface area contributed by atoms with Crippen molar-refractivity contribution in [2.75, 3.05) is 6.61 Å². The fourth-order valence-electron chi connectivity index (χ4n) is 1.27. The van der Waals surface area contributed by atoms with Gasteiger partial charge in [0.05, 0.1) is 6.61 Å². The largest absolute Gasteiger partial charge is 0.463 e. The third kappa shape index (κ3) is 4.13. The van der Waals surface area contributed by atoms with E-state index >= 15 is 0 Å². The van der Waals surface area contributed by atoms with E-state index in [0.29, 0.717) is 18.7 Å². The lowest BCUT2D eigenvalue weighted by Gasteiger charge is -2.02. The Hall–Kier alpha value is -1.84. The van der Waals surface area contributed by atoms with Gasteiger partial charge in [-0.3, -0.25) is 0 Å². The van der Waals surface area contributed by atoms with Gasteiger partial charge in [-0.2, -0.15) is 0 Å². The molecule has 1 rings (SSSR count). The molecule has 0 aliphatic rings. The lowest BCUT2D eigenvalue weighted by atomic mass is 10.1. The molecule has 3 nitrogen and oxygen atoms in total. The number of allylic oxidation sites excluding steroid dienone is 1. The standard InChI is InChI=1S/C12H14FNO2/c1-2-16-12(15)8-11(14)7-9-4-3-5-10(13)6-9/h3-6,8H,2,7,14H2,1H3/b11-8-. The van der Waals surface area contributed by atoms with Crippen molar-refractivity contribution in [3.05, 3.63) is 47.4 Å². The van der Waals surface area contributed by atoms with Crippen molar-refractivity contribution in [3.8, 4) is 0 Å². The second kappa shape index (κ2) is 5.90. The molecule has 0 radical (unpaired) electrons. The molecule has 0 aromatic heterocycles. The van der Waals surface area contributed by atoms with Crippen LogP contribution in [0.2, 0.25) is 0 Å². The zero-order chi connectivity index (χ0) is 12.0. The van der Waals surface area contributed by atoms with Gasteiger partial charge >= 0.3 is 5.97 Å². The number of carbonyl (C=O) groups excluding carboxylic acids is 1. The lowest BCUT2D eigenvalue weighted by Crippen LogP contribution is -2.08. The summed E-state index contributed by atoms with van der Waals surface area (Å²) in [4.78, 5) is 11.1. The summed E-state index contributed by atoms with van der Waals surface area (Å²) in [5.74, 6) is -0.794. The van der Waals surface area contributed by atoms with E-state index in [1.807, 2.05) is 0 Å². The molecule has 0 atom stereocenters. The number of benzene rings is 1. The quantitative estimate of drug-likeness (QED) is 0.625. The summed E-state index contributed by atoms with van der Waals surface area (Å²) in [6.45, 7) is 2.02. The smallest absolute Gasteiger partial charge is 0.332 e. The summed E-state index contributed by atoms with van der Waals surface area (Å²) in [5, 5.41) is 0. The molecule has 16 heavy (non-hydrogen) atoms. The van der Waals surface area contributed by atoms with Gasteiger partial charge in [0, 0.05) is 18.2 Å². The molecular formula is C12H14FNO2. The molecule has 0 saturated heterocycles. The first-order chi connectivity index (χ1) is 7.61. The number of halogens is 1. The van der Waals surface area contributed by atoms with Crippen molar-refractivity contribution in [1.82, 2.24) is 0 Å². The van der Waals surface area contributed by atoms with Gasteiger partial charge in [0.25, 0.3) is 0 Å². The van der Waals surface area contributed by atoms with Crippen molar-refractivity contribution >= 4 is 5.97 Å². The van der Waals surface area contributed by atoms with Crippen molar-refractivity contribution in [3.63, 3.8) is 0 Å². The predicted molar refractivity (Wildman–Crippen MR) is 59.0 cm³/mol. The van der Waals surface area contributed by atoms with Crippen LogP contribution in [0.1, 0.15) is 12.5 Å². The number of hydrogen-bond donors (Lipinski definition) is 1. The summed E-state index contributed by atoms with van der Waals surface area (Å²) >= 11 is 0. The SMILES string of the molecule is CCOC(=O)/C=C(\N)Cc1cccc(F)c1. The molecule has 0 amide bonds. The van der Waals surface area contributed by atoms with Crippen LogP contribution in [0.3, 0.4) is 0 Å². The van der Waals surface area contributed by atoms with E-state index < -0.39 is 5.97 Å². The molecule has 0 bridgehead atoms. The van der Waals surface area contributed by atoms with E-state index in [1.165, 1.54) is 18.2 Å². The van der Waals surface area contributed by atoms with Crippen molar-refractivity contribution in [2.24, 2.45) is 5.73 Å². The molecule has 1 aromatic carbocycles. The summed E-state index contributed by atoms with van der Waals surface area (Å²) < 4.78 is 17.6. The van der Waals surface area contributed by atoms with Gasteiger partial charge in [-0.05, 0) is 24.6 Å². The molecule has 0 aliphatic heterocycles. The average Bonchev–Trinajstić information content (AvgIpc) is 2.17. The van der Waals surface area contributed by atoms with Gasteiger partial charge in [-0.15, -0.1) is 0 Å². The Morgan fingerprint density at radius 1 is 1.56 bits per heavy atom. The van der Waals surface area contributed by atoms with Crippen LogP contribution >= 0.6 is 0 Å². The monoisotopic (exact) mass is 223 g/mol. The highest BCUT2D eigenvalue weighted by Crippen LogP contribution is 2.07. The molecule has 0 spiro atoms. The highest BCUT2D eigenvalue weighted by atomic mass is 19.1. The maximum Gasteiger partial charge on any atom is 0.332 e. The normalized spacial score (nSPS) is 11.2. The Morgan fingerprint density at radius 3 is 2.94 bits per heavy atom. The maximum atomic E-state index is 12.8. The lowest BCUT2D eigenvalue weighted by molar-refractivity contribution is -0.137. The number of rotatable bonds is 4. The van der Waals surface area contributed by atoms with Crippen LogP contribution in [-0.4, -0.2) is 12.6 Å². The first-order valence-corrected chi connectivity index (χ1v) is 4.99. The summed E-state index contributed by atoms with van der Waals surface area (Å²) in [6, 6.07) is 6.08. The predicted octanol–water partition coefficient (Wildman–Crippen LogP) is 1.77. The van der Waals surface area contributed by atoms with E-state index in [4.69, 9.17) is 10.5 Å². The minimum absolute atomic E-state index is 0.308. The Labute approximate surface area is 93.7 Å². The Balaban J connectivity index is 2.63. The number of carbonyl (C=O) groups is 1. The topological polar surface area (TPSA) is 52.3 Å². The number of nitrogens with two attached hydrogens (primary N) is 1. The number of hydrogen-bond acceptors (Lipinski definition) is 3. The average molecular weight is 223 g/mol. The molecule has 0 saturated carbocycles. The van der Waals surface area contributed by atoms with Crippen LogP contribution in [0.25, 0.3) is 0 Å². The van der Waals surface area contributed by atoms with Crippen LogP contribution in [0.4, 0.5) is 4.39 Å². The fourth-order valence-corrected chi connectivity index (χ4v) is 1.27. The van der Waals surface area contributed by atoms with E-state index in [9.17, 15) is 9.18 Å². The molecule has 0 heterocycles. The van der Waals surface area contributed by atoms with Gasteiger partial charge in [-0.25, -0.2) is 9.18 Å². The second-order valence-electron chi connectivity index (χ2n) is 3.28. The Kier molecular flexibility index (Phi) is 4.51. The van der Waals surface area contributed by atoms with E-state index in [1.54, 1.807) is 19.1 Å². The summed E-state index contributed by atoms with van der Waals surface area (Å²) in [6.07, 6.45) is 1.55. The van der Waals surface area contributed by atoms with Gasteiger partial charge in [0.1, 0.15) is 5.82 Å². The molecule has 4 heteroatoms. The summed E-state index contributed by atoms with van der Waals surface area (Å²) in [5.41, 5.74) is 6.70. The van der Waals surface area contributed by atoms with Gasteiger partial charge < -0.3 is 10.5 Å². The van der Waals surface area contributed by atoms with Crippen molar-refractivity contribution < 1.29 is 13.9 Å². The van der Waals surface area contributed by atoms with E-state index in [0.717, 1.165) is 5.56 Å². The highest BCUT2D eigenvalue weighted by molar-refractivity contribution is 5.82. The van der Waals surface area contributed by atoms with Crippen LogP contribution in [-0.2, 0) is 16.0 Å². The third-order valence-corrected chi connectivity index (χ3v) is 1.89. The van der Waals surface area contributed by atoms with E-state index in [-0.39, 0.29) is 5.82 Å². The van der Waals surface area contributed by atoms with Gasteiger partial charge in [0.15, 0.2) is 0 Å². The van der Waals surface area contributed by atoms with Crippen LogP contribution in [0.5, 0.6) is 0 Å². The van der Waals surface area contributed by atoms with E-state index in [2.05, 4.69) is 0 Å². The highest BCUT2D eigenvalue weighted by Gasteiger charge is 2.01. The first-order valence-electron chi connectivity index (χ1n) is 4.99. The number of ether oxygens (including phenoxy) is 1. The first kappa shape index (κ1) is 12.2. The van der Waals surface area contributed by atoms with Gasteiger partial charge in [-0.1, -0.05) is 12.1 Å². The summed E-state index contributed by atoms with van der Waals surface area (Å²) in [7, 11) is 0. The molecule has 0 unspecified atom stereocenters. The van der Waals surface area contributed by atoms with Crippen LogP contribution < -0.4 is 5.73 Å². The fraction of sp³-hybridized carbons (Fsp3) is 0.250. The maximum absolute atomic E-state index is 12.8. The third-order valence-electron chi connectivity index (χ3n) is 1.89. The minimum atomic E-state index is -0.476. The van der Waals surface area contributed by atoms with Crippen molar-refractivity contribution in [1.29, 1.82) is 0 Å². The number of esters is 1.